The number of ether oxygens (including phenoxy) is 1. The molecule has 0 N–H and O–H groups in total. The van der Waals surface area contributed by atoms with E-state index in [1.54, 1.807) is 18.7 Å². The van der Waals surface area contributed by atoms with Gasteiger partial charge in [0.15, 0.2) is 0 Å². The first kappa shape index (κ1) is 15.4. The van der Waals surface area contributed by atoms with Gasteiger partial charge in [-0.05, 0) is 35.3 Å². The van der Waals surface area contributed by atoms with Crippen LogP contribution in [-0.4, -0.2) is 49.3 Å². The van der Waals surface area contributed by atoms with Crippen LogP contribution >= 0.6 is 15.9 Å². The second-order valence-corrected chi connectivity index (χ2v) is 6.45. The number of halogens is 1. The van der Waals surface area contributed by atoms with E-state index >= 15 is 0 Å². The van der Waals surface area contributed by atoms with Crippen LogP contribution in [0.4, 0.5) is 0 Å². The van der Waals surface area contributed by atoms with Crippen LogP contribution in [0.1, 0.15) is 18.7 Å². The minimum atomic E-state index is 0.439. The average Bonchev–Trinajstić information content (AvgIpc) is 2.92. The van der Waals surface area contributed by atoms with Crippen molar-refractivity contribution in [2.45, 2.75) is 19.4 Å². The quantitative estimate of drug-likeness (QED) is 0.801. The molecule has 0 amide bonds. The van der Waals surface area contributed by atoms with E-state index in [1.165, 1.54) is 12.8 Å². The first-order valence-corrected chi connectivity index (χ1v) is 8.15. The highest BCUT2D eigenvalue weighted by Crippen LogP contribution is 2.19. The predicted octanol–water partition coefficient (Wildman–Crippen LogP) is 1.66. The summed E-state index contributed by atoms with van der Waals surface area (Å²) in [5, 5.41) is 4.12. The minimum absolute atomic E-state index is 0.439. The van der Waals surface area contributed by atoms with Crippen LogP contribution in [0.25, 0.3) is 0 Å². The SMILES string of the molecule is Cn1ncnc1CN1CCCC(COc2ncc(Br)cn2)C1. The third-order valence-electron chi connectivity index (χ3n) is 3.82. The Hall–Kier alpha value is -1.54. The van der Waals surface area contributed by atoms with E-state index in [-0.39, 0.29) is 0 Å². The van der Waals surface area contributed by atoms with Crippen molar-refractivity contribution in [1.82, 2.24) is 29.6 Å². The molecular weight excluding hydrogens is 348 g/mol. The second kappa shape index (κ2) is 7.15. The summed E-state index contributed by atoms with van der Waals surface area (Å²) >= 11 is 3.31. The number of nitrogens with zero attached hydrogens (tertiary/aromatic N) is 6. The van der Waals surface area contributed by atoms with Gasteiger partial charge in [-0.15, -0.1) is 0 Å². The fourth-order valence-electron chi connectivity index (χ4n) is 2.66. The normalized spacial score (nSPS) is 19.3. The van der Waals surface area contributed by atoms with Crippen LogP contribution in [0.3, 0.4) is 0 Å². The molecule has 0 radical (unpaired) electrons. The van der Waals surface area contributed by atoms with Crippen molar-refractivity contribution in [2.24, 2.45) is 13.0 Å². The smallest absolute Gasteiger partial charge is 0.316 e. The van der Waals surface area contributed by atoms with Crippen LogP contribution in [0.5, 0.6) is 6.01 Å². The maximum atomic E-state index is 5.70. The van der Waals surface area contributed by atoms with Gasteiger partial charge in [0.05, 0.1) is 17.6 Å². The van der Waals surface area contributed by atoms with Crippen molar-refractivity contribution in [3.8, 4) is 6.01 Å². The molecule has 1 unspecified atom stereocenters. The molecule has 0 bridgehead atoms. The molecule has 1 saturated heterocycles. The number of hydrogen-bond acceptors (Lipinski definition) is 6. The first-order chi connectivity index (χ1) is 10.7. The number of piperidine rings is 1. The molecule has 1 aliphatic rings. The van der Waals surface area contributed by atoms with Gasteiger partial charge in [-0.3, -0.25) is 9.58 Å². The topological polar surface area (TPSA) is 69.0 Å². The Bertz CT molecular complexity index is 602. The zero-order chi connectivity index (χ0) is 15.4. The van der Waals surface area contributed by atoms with Crippen molar-refractivity contribution in [2.75, 3.05) is 19.7 Å². The van der Waals surface area contributed by atoms with Gasteiger partial charge in [-0.2, -0.15) is 5.10 Å². The molecular formula is C14H19BrN6O. The number of aromatic nitrogens is 5. The Morgan fingerprint density at radius 3 is 2.86 bits per heavy atom. The van der Waals surface area contributed by atoms with E-state index in [0.29, 0.717) is 18.5 Å². The van der Waals surface area contributed by atoms with E-state index < -0.39 is 0 Å². The first-order valence-electron chi connectivity index (χ1n) is 7.36. The molecule has 0 saturated carbocycles. The summed E-state index contributed by atoms with van der Waals surface area (Å²) in [6.45, 7) is 3.58. The van der Waals surface area contributed by atoms with Gasteiger partial charge in [-0.1, -0.05) is 0 Å². The molecule has 0 aromatic carbocycles. The van der Waals surface area contributed by atoms with Gasteiger partial charge < -0.3 is 4.74 Å². The maximum Gasteiger partial charge on any atom is 0.316 e. The maximum absolute atomic E-state index is 5.70. The minimum Gasteiger partial charge on any atom is -0.463 e. The Labute approximate surface area is 137 Å². The standard InChI is InChI=1S/C14H19BrN6O/c1-20-13(18-10-19-20)8-21-4-2-3-11(7-21)9-22-14-16-5-12(15)6-17-14/h5-6,10-11H,2-4,7-9H2,1H3. The van der Waals surface area contributed by atoms with Crippen LogP contribution in [0, 0.1) is 5.92 Å². The fraction of sp³-hybridized carbons (Fsp3) is 0.571. The van der Waals surface area contributed by atoms with Gasteiger partial charge in [0, 0.05) is 31.9 Å². The molecule has 1 fully saturated rings. The lowest BCUT2D eigenvalue weighted by molar-refractivity contribution is 0.118. The largest absolute Gasteiger partial charge is 0.463 e. The monoisotopic (exact) mass is 366 g/mol. The van der Waals surface area contributed by atoms with E-state index in [9.17, 15) is 0 Å². The molecule has 118 valence electrons. The average molecular weight is 367 g/mol. The lowest BCUT2D eigenvalue weighted by atomic mass is 9.99. The van der Waals surface area contributed by atoms with Crippen molar-refractivity contribution in [3.05, 3.63) is 29.0 Å². The molecule has 0 aliphatic carbocycles. The van der Waals surface area contributed by atoms with Crippen molar-refractivity contribution >= 4 is 15.9 Å². The van der Waals surface area contributed by atoms with Crippen molar-refractivity contribution in [3.63, 3.8) is 0 Å². The molecule has 3 heterocycles. The lowest BCUT2D eigenvalue weighted by Crippen LogP contribution is -2.37. The highest BCUT2D eigenvalue weighted by Gasteiger charge is 2.22. The zero-order valence-corrected chi connectivity index (χ0v) is 14.1. The fourth-order valence-corrected chi connectivity index (χ4v) is 2.87. The van der Waals surface area contributed by atoms with Gasteiger partial charge in [0.2, 0.25) is 0 Å². The molecule has 3 rings (SSSR count). The summed E-state index contributed by atoms with van der Waals surface area (Å²) in [5.41, 5.74) is 0. The summed E-state index contributed by atoms with van der Waals surface area (Å²) in [6.07, 6.45) is 7.34. The van der Waals surface area contributed by atoms with Gasteiger partial charge in [0.25, 0.3) is 0 Å². The Balaban J connectivity index is 1.50. The molecule has 1 atom stereocenters. The number of likely N-dealkylation sites (tertiary alicyclic amines) is 1. The van der Waals surface area contributed by atoms with Crippen molar-refractivity contribution in [1.29, 1.82) is 0 Å². The second-order valence-electron chi connectivity index (χ2n) is 5.54. The van der Waals surface area contributed by atoms with E-state index in [0.717, 1.165) is 29.9 Å². The molecule has 1 aliphatic heterocycles. The molecule has 0 spiro atoms. The summed E-state index contributed by atoms with van der Waals surface area (Å²) < 4.78 is 8.39. The molecule has 8 heteroatoms. The van der Waals surface area contributed by atoms with Crippen LogP contribution in [0.15, 0.2) is 23.2 Å². The van der Waals surface area contributed by atoms with Crippen LogP contribution < -0.4 is 4.74 Å². The summed E-state index contributed by atoms with van der Waals surface area (Å²) in [6, 6.07) is 0.439. The third-order valence-corrected chi connectivity index (χ3v) is 4.23. The Kier molecular flexibility index (Phi) is 4.99. The molecule has 2 aromatic heterocycles. The van der Waals surface area contributed by atoms with E-state index in [2.05, 4.69) is 40.9 Å². The summed E-state index contributed by atoms with van der Waals surface area (Å²) in [4.78, 5) is 15.0. The summed E-state index contributed by atoms with van der Waals surface area (Å²) in [7, 11) is 1.93. The van der Waals surface area contributed by atoms with Gasteiger partial charge in [-0.25, -0.2) is 15.0 Å². The van der Waals surface area contributed by atoms with Gasteiger partial charge in [0.1, 0.15) is 12.2 Å². The third kappa shape index (κ3) is 4.01. The van der Waals surface area contributed by atoms with Crippen molar-refractivity contribution < 1.29 is 4.74 Å². The zero-order valence-electron chi connectivity index (χ0n) is 12.5. The van der Waals surface area contributed by atoms with E-state index in [1.807, 2.05) is 11.7 Å². The number of hydrogen-bond donors (Lipinski definition) is 0. The number of rotatable bonds is 5. The molecule has 2 aromatic rings. The van der Waals surface area contributed by atoms with Crippen LogP contribution in [0.2, 0.25) is 0 Å². The predicted molar refractivity (Wildman–Crippen MR) is 84.2 cm³/mol. The number of aryl methyl sites for hydroxylation is 1. The highest BCUT2D eigenvalue weighted by atomic mass is 79.9. The van der Waals surface area contributed by atoms with E-state index in [4.69, 9.17) is 4.74 Å². The summed E-state index contributed by atoms with van der Waals surface area (Å²) in [5.74, 6) is 1.49. The van der Waals surface area contributed by atoms with Gasteiger partial charge >= 0.3 is 6.01 Å². The molecule has 22 heavy (non-hydrogen) atoms. The highest BCUT2D eigenvalue weighted by molar-refractivity contribution is 9.10. The Morgan fingerprint density at radius 2 is 2.14 bits per heavy atom. The Morgan fingerprint density at radius 1 is 1.32 bits per heavy atom. The van der Waals surface area contributed by atoms with Crippen LogP contribution in [-0.2, 0) is 13.6 Å². The molecule has 7 nitrogen and oxygen atoms in total. The lowest BCUT2D eigenvalue weighted by Gasteiger charge is -2.31.